The second kappa shape index (κ2) is 5.71. The SMILES string of the molecule is C[C@@H](N)c1ccc(N2CCSC(C)(C)CC2)c(F)c1. The number of nitrogens with two attached hydrogens (primary N) is 1. The molecule has 1 aromatic rings. The first kappa shape index (κ1) is 14.7. The fourth-order valence-electron chi connectivity index (χ4n) is 2.32. The highest BCUT2D eigenvalue weighted by Gasteiger charge is 2.24. The summed E-state index contributed by atoms with van der Waals surface area (Å²) in [6.07, 6.45) is 1.08. The standard InChI is InChI=1S/C15H23FN2S/c1-11(17)12-4-5-14(13(16)10-12)18-7-6-15(2,3)19-9-8-18/h4-5,10-11H,6-9,17H2,1-3H3/t11-/m1/s1. The number of thioether (sulfide) groups is 1. The van der Waals surface area contributed by atoms with Crippen LogP contribution in [-0.4, -0.2) is 23.6 Å². The van der Waals surface area contributed by atoms with Gasteiger partial charge in [-0.15, -0.1) is 0 Å². The second-order valence-electron chi connectivity index (χ2n) is 5.84. The monoisotopic (exact) mass is 282 g/mol. The quantitative estimate of drug-likeness (QED) is 0.899. The van der Waals surface area contributed by atoms with Crippen LogP contribution in [0.25, 0.3) is 0 Å². The Hall–Kier alpha value is -0.740. The average molecular weight is 282 g/mol. The number of halogens is 1. The van der Waals surface area contributed by atoms with Gasteiger partial charge in [0.2, 0.25) is 0 Å². The summed E-state index contributed by atoms with van der Waals surface area (Å²) in [6, 6.07) is 5.26. The van der Waals surface area contributed by atoms with Crippen LogP contribution in [0.1, 0.15) is 38.8 Å². The molecule has 1 aromatic carbocycles. The van der Waals surface area contributed by atoms with Crippen molar-refractivity contribution in [1.29, 1.82) is 0 Å². The van der Waals surface area contributed by atoms with Crippen molar-refractivity contribution in [1.82, 2.24) is 0 Å². The zero-order valence-corrected chi connectivity index (χ0v) is 12.8. The van der Waals surface area contributed by atoms with E-state index in [2.05, 4.69) is 18.7 Å². The molecule has 19 heavy (non-hydrogen) atoms. The van der Waals surface area contributed by atoms with Crippen LogP contribution in [0, 0.1) is 5.82 Å². The third kappa shape index (κ3) is 3.63. The van der Waals surface area contributed by atoms with Crippen molar-refractivity contribution < 1.29 is 4.39 Å². The van der Waals surface area contributed by atoms with Gasteiger partial charge in [-0.3, -0.25) is 0 Å². The summed E-state index contributed by atoms with van der Waals surface area (Å²) < 4.78 is 14.5. The fraction of sp³-hybridized carbons (Fsp3) is 0.600. The van der Waals surface area contributed by atoms with E-state index < -0.39 is 0 Å². The van der Waals surface area contributed by atoms with Crippen LogP contribution in [0.5, 0.6) is 0 Å². The summed E-state index contributed by atoms with van der Waals surface area (Å²) in [4.78, 5) is 2.15. The molecule has 4 heteroatoms. The maximum absolute atomic E-state index is 14.2. The molecule has 0 radical (unpaired) electrons. The Bertz CT molecular complexity index is 446. The van der Waals surface area contributed by atoms with E-state index in [4.69, 9.17) is 5.73 Å². The van der Waals surface area contributed by atoms with Crippen molar-refractivity contribution >= 4 is 17.4 Å². The highest BCUT2D eigenvalue weighted by Crippen LogP contribution is 2.33. The van der Waals surface area contributed by atoms with E-state index in [0.29, 0.717) is 5.69 Å². The topological polar surface area (TPSA) is 29.3 Å². The minimum Gasteiger partial charge on any atom is -0.368 e. The summed E-state index contributed by atoms with van der Waals surface area (Å²) >= 11 is 1.97. The Kier molecular flexibility index (Phi) is 4.41. The van der Waals surface area contributed by atoms with Gasteiger partial charge in [-0.05, 0) is 31.0 Å². The minimum absolute atomic E-state index is 0.123. The van der Waals surface area contributed by atoms with Crippen LogP contribution in [0.15, 0.2) is 18.2 Å². The summed E-state index contributed by atoms with van der Waals surface area (Å²) in [5.74, 6) is 0.890. The Morgan fingerprint density at radius 3 is 2.74 bits per heavy atom. The van der Waals surface area contributed by atoms with Crippen molar-refractivity contribution in [3.05, 3.63) is 29.6 Å². The van der Waals surface area contributed by atoms with E-state index in [0.717, 1.165) is 30.8 Å². The normalized spacial score (nSPS) is 21.0. The van der Waals surface area contributed by atoms with Crippen LogP contribution in [0.3, 0.4) is 0 Å². The Morgan fingerprint density at radius 1 is 1.37 bits per heavy atom. The Labute approximate surface area is 119 Å². The number of hydrogen-bond donors (Lipinski definition) is 1. The largest absolute Gasteiger partial charge is 0.368 e. The third-order valence-corrected chi connectivity index (χ3v) is 5.05. The van der Waals surface area contributed by atoms with Crippen molar-refractivity contribution in [3.8, 4) is 0 Å². The van der Waals surface area contributed by atoms with Crippen LogP contribution in [0.2, 0.25) is 0 Å². The lowest BCUT2D eigenvalue weighted by Gasteiger charge is -2.25. The Balaban J connectivity index is 2.18. The Morgan fingerprint density at radius 2 is 2.11 bits per heavy atom. The van der Waals surface area contributed by atoms with Crippen LogP contribution in [-0.2, 0) is 0 Å². The molecule has 1 aliphatic heterocycles. The smallest absolute Gasteiger partial charge is 0.146 e. The van der Waals surface area contributed by atoms with Gasteiger partial charge in [0, 0.05) is 29.6 Å². The number of nitrogens with zero attached hydrogens (tertiary/aromatic N) is 1. The van der Waals surface area contributed by atoms with Gasteiger partial charge in [0.15, 0.2) is 0 Å². The van der Waals surface area contributed by atoms with E-state index in [1.165, 1.54) is 0 Å². The molecule has 1 saturated heterocycles. The molecular weight excluding hydrogens is 259 g/mol. The minimum atomic E-state index is -0.153. The van der Waals surface area contributed by atoms with Crippen molar-refractivity contribution in [2.75, 3.05) is 23.7 Å². The molecule has 0 bridgehead atoms. The number of benzene rings is 1. The average Bonchev–Trinajstić information content (AvgIpc) is 2.50. The van der Waals surface area contributed by atoms with Gasteiger partial charge < -0.3 is 10.6 Å². The van der Waals surface area contributed by atoms with E-state index in [1.807, 2.05) is 30.8 Å². The van der Waals surface area contributed by atoms with Crippen molar-refractivity contribution in [3.63, 3.8) is 0 Å². The van der Waals surface area contributed by atoms with E-state index in [1.54, 1.807) is 6.07 Å². The second-order valence-corrected chi connectivity index (χ2v) is 7.65. The van der Waals surface area contributed by atoms with Crippen LogP contribution >= 0.6 is 11.8 Å². The number of anilines is 1. The zero-order valence-electron chi connectivity index (χ0n) is 11.9. The molecular formula is C15H23FN2S. The first-order chi connectivity index (χ1) is 8.89. The summed E-state index contributed by atoms with van der Waals surface area (Å²) in [5.41, 5.74) is 7.35. The lowest BCUT2D eigenvalue weighted by molar-refractivity contribution is 0.599. The summed E-state index contributed by atoms with van der Waals surface area (Å²) in [5, 5.41) is 0. The molecule has 0 spiro atoms. The molecule has 2 N–H and O–H groups in total. The maximum Gasteiger partial charge on any atom is 0.146 e. The fourth-order valence-corrected chi connectivity index (χ4v) is 3.42. The molecule has 106 valence electrons. The van der Waals surface area contributed by atoms with Gasteiger partial charge in [-0.2, -0.15) is 11.8 Å². The van der Waals surface area contributed by atoms with E-state index in [-0.39, 0.29) is 16.6 Å². The molecule has 0 saturated carbocycles. The molecule has 0 aliphatic carbocycles. The zero-order chi connectivity index (χ0) is 14.0. The van der Waals surface area contributed by atoms with Gasteiger partial charge in [0.25, 0.3) is 0 Å². The lowest BCUT2D eigenvalue weighted by Crippen LogP contribution is -2.27. The molecule has 0 unspecified atom stereocenters. The molecule has 0 aromatic heterocycles. The van der Waals surface area contributed by atoms with E-state index in [9.17, 15) is 4.39 Å². The number of rotatable bonds is 2. The first-order valence-corrected chi connectivity index (χ1v) is 7.81. The van der Waals surface area contributed by atoms with Gasteiger partial charge >= 0.3 is 0 Å². The van der Waals surface area contributed by atoms with E-state index >= 15 is 0 Å². The molecule has 2 rings (SSSR count). The van der Waals surface area contributed by atoms with Gasteiger partial charge in [-0.1, -0.05) is 19.9 Å². The predicted octanol–water partition coefficient (Wildman–Crippen LogP) is 3.57. The highest BCUT2D eigenvalue weighted by atomic mass is 32.2. The van der Waals surface area contributed by atoms with Gasteiger partial charge in [-0.25, -0.2) is 4.39 Å². The molecule has 1 atom stereocenters. The lowest BCUT2D eigenvalue weighted by atomic mass is 10.1. The van der Waals surface area contributed by atoms with Crippen LogP contribution < -0.4 is 10.6 Å². The highest BCUT2D eigenvalue weighted by molar-refractivity contribution is 8.00. The summed E-state index contributed by atoms with van der Waals surface area (Å²) in [7, 11) is 0. The summed E-state index contributed by atoms with van der Waals surface area (Å²) in [6.45, 7) is 8.21. The molecule has 1 heterocycles. The van der Waals surface area contributed by atoms with Gasteiger partial charge in [0.05, 0.1) is 5.69 Å². The van der Waals surface area contributed by atoms with Crippen molar-refractivity contribution in [2.45, 2.75) is 38.0 Å². The molecule has 0 amide bonds. The molecule has 2 nitrogen and oxygen atoms in total. The van der Waals surface area contributed by atoms with Crippen molar-refractivity contribution in [2.24, 2.45) is 5.73 Å². The third-order valence-electron chi connectivity index (χ3n) is 3.68. The first-order valence-electron chi connectivity index (χ1n) is 6.83. The number of hydrogen-bond acceptors (Lipinski definition) is 3. The molecule has 1 fully saturated rings. The maximum atomic E-state index is 14.2. The van der Waals surface area contributed by atoms with Crippen LogP contribution in [0.4, 0.5) is 10.1 Å². The predicted molar refractivity (Wildman–Crippen MR) is 82.4 cm³/mol. The van der Waals surface area contributed by atoms with Gasteiger partial charge in [0.1, 0.15) is 5.82 Å². The molecule has 1 aliphatic rings.